The van der Waals surface area contributed by atoms with Gasteiger partial charge in [-0.25, -0.2) is 0 Å². The molecule has 0 saturated carbocycles. The lowest BCUT2D eigenvalue weighted by Crippen LogP contribution is -2.53. The molecule has 0 bridgehead atoms. The lowest BCUT2D eigenvalue weighted by molar-refractivity contribution is -0.139. The van der Waals surface area contributed by atoms with Crippen molar-refractivity contribution in [3.8, 4) is 5.75 Å². The second-order valence-corrected chi connectivity index (χ2v) is 10.3. The molecule has 2 aliphatic heterocycles. The smallest absolute Gasteiger partial charge is 0.243 e. The zero-order chi connectivity index (χ0) is 27.8. The predicted molar refractivity (Wildman–Crippen MR) is 146 cm³/mol. The monoisotopic (exact) mass is 537 g/mol. The average Bonchev–Trinajstić information content (AvgIpc) is 3.43. The van der Waals surface area contributed by atoms with Gasteiger partial charge in [-0.05, 0) is 54.9 Å². The lowest BCUT2D eigenvalue weighted by atomic mass is 9.84. The largest absolute Gasteiger partial charge is 0.496 e. The summed E-state index contributed by atoms with van der Waals surface area (Å²) in [6, 6.07) is 8.96. The van der Waals surface area contributed by atoms with Crippen LogP contribution in [0.5, 0.6) is 5.75 Å². The number of pyridine rings is 1. The maximum Gasteiger partial charge on any atom is 0.243 e. The summed E-state index contributed by atoms with van der Waals surface area (Å²) in [5, 5.41) is 5.57. The maximum absolute atomic E-state index is 13.7. The first-order chi connectivity index (χ1) is 18.9. The number of rotatable bonds is 10. The fourth-order valence-electron chi connectivity index (χ4n) is 5.72. The van der Waals surface area contributed by atoms with E-state index in [1.807, 2.05) is 36.4 Å². The zero-order valence-electron chi connectivity index (χ0n) is 22.7. The number of carbonyl (C=O) groups excluding carboxylic acids is 3. The quantitative estimate of drug-likeness (QED) is 0.419. The highest BCUT2D eigenvalue weighted by Crippen LogP contribution is 2.36. The number of hydrogen-bond acceptors (Lipinski definition) is 7. The molecule has 39 heavy (non-hydrogen) atoms. The van der Waals surface area contributed by atoms with E-state index in [4.69, 9.17) is 15.2 Å². The van der Waals surface area contributed by atoms with Crippen LogP contribution in [-0.2, 0) is 25.5 Å². The van der Waals surface area contributed by atoms with Crippen LogP contribution >= 0.6 is 0 Å². The van der Waals surface area contributed by atoms with Crippen LogP contribution in [-0.4, -0.2) is 73.6 Å². The number of methoxy groups -OCH3 is 1. The van der Waals surface area contributed by atoms with E-state index >= 15 is 0 Å². The van der Waals surface area contributed by atoms with Crippen molar-refractivity contribution in [3.05, 3.63) is 59.9 Å². The Balaban J connectivity index is 1.52. The summed E-state index contributed by atoms with van der Waals surface area (Å²) in [7, 11) is 3.11. The van der Waals surface area contributed by atoms with Crippen LogP contribution in [0.4, 0.5) is 0 Å². The summed E-state index contributed by atoms with van der Waals surface area (Å²) in [5.41, 5.74) is 8.08. The Hall–Kier alpha value is -3.50. The van der Waals surface area contributed by atoms with Gasteiger partial charge in [0, 0.05) is 63.6 Å². The standard InChI is InChI=1S/C29H39N5O5/c1-31-28(36)24(15-19-7-11-32-12-8-19)33-29(37)25-16-21(20-9-13-39-14-10-20)18-34(25)27(35)17-23(30)22-5-3-4-6-26(22)38-2/h3-8,11-12,20-21,23-25H,9-10,13-18,30H2,1-2H3,(H,31,36)(H,33,37)/t21?,23-,24-,25-/m0/s1. The summed E-state index contributed by atoms with van der Waals surface area (Å²) in [4.78, 5) is 45.7. The Bertz CT molecular complexity index is 1120. The number of para-hydroxylation sites is 1. The first-order valence-electron chi connectivity index (χ1n) is 13.6. The van der Waals surface area contributed by atoms with Crippen molar-refractivity contribution in [3.63, 3.8) is 0 Å². The van der Waals surface area contributed by atoms with Crippen LogP contribution in [0.2, 0.25) is 0 Å². The van der Waals surface area contributed by atoms with Gasteiger partial charge in [-0.2, -0.15) is 0 Å². The molecule has 0 spiro atoms. The van der Waals surface area contributed by atoms with E-state index in [-0.39, 0.29) is 30.1 Å². The molecular weight excluding hydrogens is 498 g/mol. The molecule has 0 radical (unpaired) electrons. The van der Waals surface area contributed by atoms with Crippen molar-refractivity contribution in [2.24, 2.45) is 17.6 Å². The third-order valence-corrected chi connectivity index (χ3v) is 7.89. The van der Waals surface area contributed by atoms with Crippen LogP contribution in [0, 0.1) is 11.8 Å². The number of nitrogens with zero attached hydrogens (tertiary/aromatic N) is 2. The van der Waals surface area contributed by atoms with Crippen molar-refractivity contribution in [2.45, 2.75) is 50.2 Å². The molecule has 10 nitrogen and oxygen atoms in total. The highest BCUT2D eigenvalue weighted by Gasteiger charge is 2.43. The number of hydrogen-bond donors (Lipinski definition) is 3. The second kappa shape index (κ2) is 13.5. The molecule has 1 aromatic heterocycles. The Morgan fingerprint density at radius 3 is 2.54 bits per heavy atom. The number of amides is 3. The van der Waals surface area contributed by atoms with E-state index < -0.39 is 18.1 Å². The van der Waals surface area contributed by atoms with E-state index in [0.717, 1.165) is 24.0 Å². The van der Waals surface area contributed by atoms with Crippen LogP contribution in [0.15, 0.2) is 48.8 Å². The van der Waals surface area contributed by atoms with Gasteiger partial charge >= 0.3 is 0 Å². The van der Waals surface area contributed by atoms with Crippen LogP contribution < -0.4 is 21.1 Å². The highest BCUT2D eigenvalue weighted by atomic mass is 16.5. The lowest BCUT2D eigenvalue weighted by Gasteiger charge is -2.28. The van der Waals surface area contributed by atoms with Gasteiger partial charge in [-0.3, -0.25) is 19.4 Å². The van der Waals surface area contributed by atoms with Crippen LogP contribution in [0.3, 0.4) is 0 Å². The first-order valence-corrected chi connectivity index (χ1v) is 13.6. The van der Waals surface area contributed by atoms with Crippen molar-refractivity contribution < 1.29 is 23.9 Å². The van der Waals surface area contributed by atoms with E-state index in [1.165, 1.54) is 0 Å². The Kier molecular flexibility index (Phi) is 9.89. The van der Waals surface area contributed by atoms with E-state index in [0.29, 0.717) is 44.3 Å². The number of benzene rings is 1. The third-order valence-electron chi connectivity index (χ3n) is 7.89. The molecular formula is C29H39N5O5. The van der Waals surface area contributed by atoms with Gasteiger partial charge in [-0.15, -0.1) is 0 Å². The fraction of sp³-hybridized carbons (Fsp3) is 0.517. The summed E-state index contributed by atoms with van der Waals surface area (Å²) >= 11 is 0. The Morgan fingerprint density at radius 1 is 1.13 bits per heavy atom. The number of nitrogens with one attached hydrogen (secondary N) is 2. The number of likely N-dealkylation sites (N-methyl/N-ethyl adjacent to an activating group) is 1. The minimum atomic E-state index is -0.778. The molecule has 10 heteroatoms. The molecule has 4 atom stereocenters. The molecule has 1 unspecified atom stereocenters. The number of carbonyl (C=O) groups is 3. The molecule has 2 aromatic rings. The van der Waals surface area contributed by atoms with Crippen molar-refractivity contribution in [2.75, 3.05) is 33.9 Å². The number of likely N-dealkylation sites (tertiary alicyclic amines) is 1. The van der Waals surface area contributed by atoms with Gasteiger partial charge in [0.2, 0.25) is 17.7 Å². The fourth-order valence-corrected chi connectivity index (χ4v) is 5.72. The molecule has 3 heterocycles. The number of ether oxygens (including phenoxy) is 2. The summed E-state index contributed by atoms with van der Waals surface area (Å²) in [6.45, 7) is 1.86. The van der Waals surface area contributed by atoms with Gasteiger partial charge in [0.15, 0.2) is 0 Å². The van der Waals surface area contributed by atoms with Crippen molar-refractivity contribution in [1.29, 1.82) is 0 Å². The van der Waals surface area contributed by atoms with Crippen molar-refractivity contribution in [1.82, 2.24) is 20.5 Å². The van der Waals surface area contributed by atoms with E-state index in [2.05, 4.69) is 15.6 Å². The average molecular weight is 538 g/mol. The third kappa shape index (κ3) is 7.13. The molecule has 4 rings (SSSR count). The molecule has 2 fully saturated rings. The van der Waals surface area contributed by atoms with Gasteiger partial charge < -0.3 is 30.7 Å². The summed E-state index contributed by atoms with van der Waals surface area (Å²) in [6.07, 6.45) is 6.02. The highest BCUT2D eigenvalue weighted by molar-refractivity contribution is 5.92. The van der Waals surface area contributed by atoms with Crippen LogP contribution in [0.1, 0.15) is 42.9 Å². The van der Waals surface area contributed by atoms with Crippen molar-refractivity contribution >= 4 is 17.7 Å². The first kappa shape index (κ1) is 28.5. The van der Waals surface area contributed by atoms with E-state index in [9.17, 15) is 14.4 Å². The normalized spacial score (nSPS) is 21.2. The molecule has 2 saturated heterocycles. The van der Waals surface area contributed by atoms with Crippen LogP contribution in [0.25, 0.3) is 0 Å². The summed E-state index contributed by atoms with van der Waals surface area (Å²) in [5.74, 6) is 0.365. The van der Waals surface area contributed by atoms with Gasteiger partial charge in [0.25, 0.3) is 0 Å². The van der Waals surface area contributed by atoms with E-state index in [1.54, 1.807) is 31.5 Å². The second-order valence-electron chi connectivity index (χ2n) is 10.3. The Morgan fingerprint density at radius 2 is 1.85 bits per heavy atom. The number of nitrogens with two attached hydrogens (primary N) is 1. The number of aromatic nitrogens is 1. The minimum Gasteiger partial charge on any atom is -0.496 e. The molecule has 1 aromatic carbocycles. The molecule has 210 valence electrons. The molecule has 2 aliphatic rings. The maximum atomic E-state index is 13.7. The SMILES string of the molecule is CNC(=O)[C@H](Cc1ccncc1)NC(=O)[C@@H]1CC(C2CCOCC2)CN1C(=O)C[C@H](N)c1ccccc1OC. The van der Waals surface area contributed by atoms with Gasteiger partial charge in [-0.1, -0.05) is 18.2 Å². The topological polar surface area (TPSA) is 136 Å². The van der Waals surface area contributed by atoms with Gasteiger partial charge in [0.1, 0.15) is 17.8 Å². The molecule has 4 N–H and O–H groups in total. The molecule has 0 aliphatic carbocycles. The zero-order valence-corrected chi connectivity index (χ0v) is 22.7. The summed E-state index contributed by atoms with van der Waals surface area (Å²) < 4.78 is 11.0. The Labute approximate surface area is 229 Å². The minimum absolute atomic E-state index is 0.0422. The molecule has 3 amide bonds. The van der Waals surface area contributed by atoms with Gasteiger partial charge in [0.05, 0.1) is 7.11 Å². The predicted octanol–water partition coefficient (Wildman–Crippen LogP) is 1.60.